The predicted octanol–water partition coefficient (Wildman–Crippen LogP) is 4.67. The second-order valence-electron chi connectivity index (χ2n) is 6.71. The van der Waals surface area contributed by atoms with E-state index in [-0.39, 0.29) is 12.4 Å². The van der Waals surface area contributed by atoms with E-state index >= 15 is 0 Å². The number of anilines is 1. The lowest BCUT2D eigenvalue weighted by atomic mass is 10.1. The van der Waals surface area contributed by atoms with Gasteiger partial charge in [0.2, 0.25) is 5.71 Å². The first kappa shape index (κ1) is 16.3. The van der Waals surface area contributed by atoms with Crippen molar-refractivity contribution in [1.82, 2.24) is 15.0 Å². The molecule has 7 heteroatoms. The Labute approximate surface area is 145 Å². The zero-order valence-electron chi connectivity index (χ0n) is 13.4. The molecule has 1 fully saturated rings. The van der Waals surface area contributed by atoms with Crippen molar-refractivity contribution in [2.24, 2.45) is 5.41 Å². The van der Waals surface area contributed by atoms with Gasteiger partial charge in [0.15, 0.2) is 11.4 Å². The zero-order chi connectivity index (χ0) is 15.6. The summed E-state index contributed by atoms with van der Waals surface area (Å²) >= 11 is 6.32. The Morgan fingerprint density at radius 3 is 2.65 bits per heavy atom. The Balaban J connectivity index is 0.00000156. The van der Waals surface area contributed by atoms with Gasteiger partial charge in [0.05, 0.1) is 16.1 Å². The molecule has 0 saturated heterocycles. The van der Waals surface area contributed by atoms with Crippen LogP contribution in [0.5, 0.6) is 0 Å². The van der Waals surface area contributed by atoms with E-state index in [1.165, 1.54) is 0 Å². The van der Waals surface area contributed by atoms with Crippen LogP contribution in [0.25, 0.3) is 22.2 Å². The molecule has 1 saturated carbocycles. The van der Waals surface area contributed by atoms with Crippen molar-refractivity contribution in [1.29, 1.82) is 0 Å². The fraction of sp³-hybridized carbons (Fsp3) is 0.438. The average molecular weight is 353 g/mol. The molecular weight excluding hydrogens is 335 g/mol. The van der Waals surface area contributed by atoms with E-state index < -0.39 is 0 Å². The molecule has 5 nitrogen and oxygen atoms in total. The molecule has 0 amide bonds. The molecule has 0 aliphatic heterocycles. The highest BCUT2D eigenvalue weighted by Gasteiger charge is 2.46. The van der Waals surface area contributed by atoms with Crippen LogP contribution >= 0.6 is 24.0 Å². The van der Waals surface area contributed by atoms with E-state index in [1.54, 1.807) is 6.33 Å². The molecule has 23 heavy (non-hydrogen) atoms. The first-order valence-corrected chi connectivity index (χ1v) is 7.73. The van der Waals surface area contributed by atoms with Gasteiger partial charge < -0.3 is 9.73 Å². The number of hydrogen-bond acceptors (Lipinski definition) is 5. The molecule has 1 unspecified atom stereocenters. The summed E-state index contributed by atoms with van der Waals surface area (Å²) in [6, 6.07) is 0.415. The van der Waals surface area contributed by atoms with Crippen molar-refractivity contribution in [3.05, 3.63) is 22.6 Å². The molecule has 1 aliphatic carbocycles. The average Bonchev–Trinajstić information content (AvgIpc) is 2.90. The highest BCUT2D eigenvalue weighted by Crippen LogP contribution is 2.47. The smallest absolute Gasteiger partial charge is 0.229 e. The number of fused-ring (bicyclic) bond motifs is 3. The molecule has 122 valence electrons. The highest BCUT2D eigenvalue weighted by atomic mass is 35.5. The van der Waals surface area contributed by atoms with Gasteiger partial charge in [0.1, 0.15) is 11.8 Å². The van der Waals surface area contributed by atoms with Crippen molar-refractivity contribution in [3.63, 3.8) is 0 Å². The SMILES string of the molecule is Cc1nc2oc3c(NC4CC4(C)C)ncnc3c2c(C)c1Cl.Cl. The van der Waals surface area contributed by atoms with Crippen molar-refractivity contribution >= 4 is 52.0 Å². The number of nitrogens with one attached hydrogen (secondary N) is 1. The molecule has 0 bridgehead atoms. The quantitative estimate of drug-likeness (QED) is 0.725. The van der Waals surface area contributed by atoms with Gasteiger partial charge in [0, 0.05) is 6.04 Å². The van der Waals surface area contributed by atoms with E-state index in [1.807, 2.05) is 13.8 Å². The van der Waals surface area contributed by atoms with Gasteiger partial charge in [-0.2, -0.15) is 0 Å². The number of pyridine rings is 1. The van der Waals surface area contributed by atoms with Crippen molar-refractivity contribution in [3.8, 4) is 0 Å². The Bertz CT molecular complexity index is 919. The molecule has 3 aromatic heterocycles. The van der Waals surface area contributed by atoms with Crippen LogP contribution in [-0.2, 0) is 0 Å². The molecule has 3 heterocycles. The maximum Gasteiger partial charge on any atom is 0.229 e. The first-order valence-electron chi connectivity index (χ1n) is 7.35. The standard InChI is InChI=1S/C16H17ClN4O.ClH/c1-7-10-12-13(22-15(10)20-8(2)11(7)17)14(19-6-18-12)21-9-5-16(9,3)4;/h6,9H,5H2,1-4H3,(H,18,19,21);1H. The summed E-state index contributed by atoms with van der Waals surface area (Å²) < 4.78 is 5.94. The largest absolute Gasteiger partial charge is 0.432 e. The lowest BCUT2D eigenvalue weighted by Crippen LogP contribution is -2.09. The molecule has 4 rings (SSSR count). The third-order valence-electron chi connectivity index (χ3n) is 4.57. The van der Waals surface area contributed by atoms with Crippen LogP contribution in [0.2, 0.25) is 5.02 Å². The van der Waals surface area contributed by atoms with E-state index in [4.69, 9.17) is 16.0 Å². The molecular formula is C16H18Cl2N4O. The normalized spacial score (nSPS) is 18.9. The van der Waals surface area contributed by atoms with Crippen LogP contribution in [0.15, 0.2) is 10.7 Å². The van der Waals surface area contributed by atoms with Crippen LogP contribution in [0.4, 0.5) is 5.82 Å². The second-order valence-corrected chi connectivity index (χ2v) is 7.09. The van der Waals surface area contributed by atoms with E-state index in [2.05, 4.69) is 34.1 Å². The van der Waals surface area contributed by atoms with Crippen LogP contribution in [0.1, 0.15) is 31.5 Å². The Morgan fingerprint density at radius 1 is 1.30 bits per heavy atom. The second kappa shape index (κ2) is 5.21. The molecule has 3 aromatic rings. The number of rotatable bonds is 2. The molecule has 0 aromatic carbocycles. The number of aryl methyl sites for hydroxylation is 2. The molecule has 1 aliphatic rings. The molecule has 0 radical (unpaired) electrons. The highest BCUT2D eigenvalue weighted by molar-refractivity contribution is 6.33. The summed E-state index contributed by atoms with van der Waals surface area (Å²) in [5.41, 5.74) is 3.98. The lowest BCUT2D eigenvalue weighted by Gasteiger charge is -2.06. The maximum atomic E-state index is 6.32. The van der Waals surface area contributed by atoms with Gasteiger partial charge in [-0.1, -0.05) is 25.4 Å². The van der Waals surface area contributed by atoms with Crippen molar-refractivity contribution < 1.29 is 4.42 Å². The van der Waals surface area contributed by atoms with Crippen molar-refractivity contribution in [2.45, 2.75) is 40.2 Å². The summed E-state index contributed by atoms with van der Waals surface area (Å²) in [6.45, 7) is 8.31. The number of halogens is 2. The van der Waals surface area contributed by atoms with E-state index in [9.17, 15) is 0 Å². The molecule has 1 N–H and O–H groups in total. The third kappa shape index (κ3) is 2.42. The third-order valence-corrected chi connectivity index (χ3v) is 5.13. The number of nitrogens with zero attached hydrogens (tertiary/aromatic N) is 3. The van der Waals surface area contributed by atoms with Crippen molar-refractivity contribution in [2.75, 3.05) is 5.32 Å². The van der Waals surface area contributed by atoms with E-state index in [0.29, 0.717) is 27.8 Å². The zero-order valence-corrected chi connectivity index (χ0v) is 15.0. The number of aromatic nitrogens is 3. The summed E-state index contributed by atoms with van der Waals surface area (Å²) in [7, 11) is 0. The summed E-state index contributed by atoms with van der Waals surface area (Å²) in [4.78, 5) is 13.2. The fourth-order valence-electron chi connectivity index (χ4n) is 2.88. The predicted molar refractivity (Wildman–Crippen MR) is 94.6 cm³/mol. The van der Waals surface area contributed by atoms with Crippen LogP contribution < -0.4 is 5.32 Å². The monoisotopic (exact) mass is 352 g/mol. The minimum atomic E-state index is 0. The van der Waals surface area contributed by atoms with E-state index in [0.717, 1.165) is 34.4 Å². The van der Waals surface area contributed by atoms with Gasteiger partial charge in [-0.25, -0.2) is 15.0 Å². The fourth-order valence-corrected chi connectivity index (χ4v) is 3.01. The molecule has 0 spiro atoms. The summed E-state index contributed by atoms with van der Waals surface area (Å²) in [5.74, 6) is 0.728. The van der Waals surface area contributed by atoms with Gasteiger partial charge >= 0.3 is 0 Å². The number of hydrogen-bond donors (Lipinski definition) is 1. The summed E-state index contributed by atoms with van der Waals surface area (Å²) in [5, 5.41) is 4.98. The van der Waals surface area contributed by atoms with Gasteiger partial charge in [0.25, 0.3) is 0 Å². The lowest BCUT2D eigenvalue weighted by molar-refractivity contribution is 0.626. The molecule has 1 atom stereocenters. The van der Waals surface area contributed by atoms with Gasteiger partial charge in [-0.05, 0) is 31.2 Å². The topological polar surface area (TPSA) is 63.8 Å². The number of furan rings is 1. The Kier molecular flexibility index (Phi) is 3.69. The summed E-state index contributed by atoms with van der Waals surface area (Å²) in [6.07, 6.45) is 2.68. The van der Waals surface area contributed by atoms with Crippen LogP contribution in [0, 0.1) is 19.3 Å². The first-order chi connectivity index (χ1) is 10.4. The Hall–Kier alpha value is -1.59. The minimum Gasteiger partial charge on any atom is -0.432 e. The van der Waals surface area contributed by atoms with Gasteiger partial charge in [-0.15, -0.1) is 12.4 Å². The Morgan fingerprint density at radius 2 is 2.00 bits per heavy atom. The van der Waals surface area contributed by atoms with Gasteiger partial charge in [-0.3, -0.25) is 0 Å². The van der Waals surface area contributed by atoms with Crippen LogP contribution in [0.3, 0.4) is 0 Å². The maximum absolute atomic E-state index is 6.32. The minimum absolute atomic E-state index is 0. The van der Waals surface area contributed by atoms with Crippen LogP contribution in [-0.4, -0.2) is 21.0 Å².